The number of nitrogens with zero attached hydrogens (tertiary/aromatic N) is 3. The molecule has 0 unspecified atom stereocenters. The summed E-state index contributed by atoms with van der Waals surface area (Å²) in [4.78, 5) is 24.3. The molecule has 112 valence electrons. The Morgan fingerprint density at radius 1 is 1.52 bits per heavy atom. The summed E-state index contributed by atoms with van der Waals surface area (Å²) in [6, 6.07) is 4.12. The number of oxazole rings is 1. The predicted molar refractivity (Wildman–Crippen MR) is 79.2 cm³/mol. The number of benzene rings is 1. The van der Waals surface area contributed by atoms with Crippen LogP contribution in [0.3, 0.4) is 0 Å². The lowest BCUT2D eigenvalue weighted by Crippen LogP contribution is -2.31. The molecule has 0 aliphatic heterocycles. The summed E-state index contributed by atoms with van der Waals surface area (Å²) in [5.74, 6) is -0.523. The van der Waals surface area contributed by atoms with E-state index in [-0.39, 0.29) is 5.69 Å². The van der Waals surface area contributed by atoms with Crippen LogP contribution < -0.4 is 5.76 Å². The van der Waals surface area contributed by atoms with Crippen LogP contribution in [0.15, 0.2) is 39.6 Å². The van der Waals surface area contributed by atoms with E-state index < -0.39 is 10.7 Å². The molecule has 7 nitrogen and oxygen atoms in total. The van der Waals surface area contributed by atoms with Gasteiger partial charge in [-0.2, -0.15) is 0 Å². The van der Waals surface area contributed by atoms with E-state index in [1.807, 2.05) is 18.7 Å². The summed E-state index contributed by atoms with van der Waals surface area (Å²) in [6.07, 6.45) is 0. The van der Waals surface area contributed by atoms with E-state index in [4.69, 9.17) is 4.42 Å². The highest BCUT2D eigenvalue weighted by molar-refractivity contribution is 5.75. The molecular formula is C14H17N3O4. The molecule has 21 heavy (non-hydrogen) atoms. The smallest absolute Gasteiger partial charge is 0.408 e. The number of rotatable bonds is 6. The van der Waals surface area contributed by atoms with Crippen molar-refractivity contribution in [2.75, 3.05) is 13.1 Å². The third-order valence-corrected chi connectivity index (χ3v) is 3.14. The molecule has 2 aromatic rings. The molecule has 0 aliphatic carbocycles. The standard InChI is InChI=1S/C14H17N3O4/c1-4-15(8-10(2)3)9-16-12-7-11(17(19)20)5-6-13(12)21-14(16)18/h5-7H,2,4,8-9H2,1,3H3. The Morgan fingerprint density at radius 2 is 2.24 bits per heavy atom. The minimum atomic E-state index is -0.523. The molecule has 7 heteroatoms. The summed E-state index contributed by atoms with van der Waals surface area (Å²) in [7, 11) is 0. The number of aromatic nitrogens is 1. The van der Waals surface area contributed by atoms with Gasteiger partial charge in [-0.15, -0.1) is 0 Å². The fraction of sp³-hybridized carbons (Fsp3) is 0.357. The monoisotopic (exact) mass is 291 g/mol. The van der Waals surface area contributed by atoms with E-state index in [1.54, 1.807) is 0 Å². The largest absolute Gasteiger partial charge is 0.421 e. The molecular weight excluding hydrogens is 274 g/mol. The Hall–Kier alpha value is -2.41. The van der Waals surface area contributed by atoms with Crippen LogP contribution in [0, 0.1) is 10.1 Å². The first kappa shape index (κ1) is 15.0. The van der Waals surface area contributed by atoms with E-state index in [1.165, 1.54) is 22.8 Å². The van der Waals surface area contributed by atoms with Crippen LogP contribution in [-0.4, -0.2) is 27.5 Å². The van der Waals surface area contributed by atoms with Crippen LogP contribution in [0.1, 0.15) is 13.8 Å². The third-order valence-electron chi connectivity index (χ3n) is 3.14. The molecule has 1 aromatic heterocycles. The third kappa shape index (κ3) is 3.19. The number of non-ortho nitro benzene ring substituents is 1. The first-order valence-electron chi connectivity index (χ1n) is 6.57. The van der Waals surface area contributed by atoms with Crippen LogP contribution in [0.2, 0.25) is 0 Å². The van der Waals surface area contributed by atoms with Crippen molar-refractivity contribution >= 4 is 16.8 Å². The lowest BCUT2D eigenvalue weighted by atomic mass is 10.3. The summed E-state index contributed by atoms with van der Waals surface area (Å²) >= 11 is 0. The number of nitro groups is 1. The number of fused-ring (bicyclic) bond motifs is 1. The Morgan fingerprint density at radius 3 is 2.81 bits per heavy atom. The molecule has 1 heterocycles. The fourth-order valence-electron chi connectivity index (χ4n) is 2.14. The van der Waals surface area contributed by atoms with Crippen LogP contribution in [-0.2, 0) is 6.67 Å². The molecule has 0 saturated carbocycles. The van der Waals surface area contributed by atoms with E-state index in [0.717, 1.165) is 12.1 Å². The number of likely N-dealkylation sites (N-methyl/N-ethyl adjacent to an activating group) is 1. The Kier molecular flexibility index (Phi) is 4.23. The topological polar surface area (TPSA) is 81.5 Å². The molecule has 0 aliphatic rings. The van der Waals surface area contributed by atoms with Crippen LogP contribution in [0.25, 0.3) is 11.1 Å². The van der Waals surface area contributed by atoms with E-state index in [2.05, 4.69) is 6.58 Å². The second-order valence-corrected chi connectivity index (χ2v) is 4.95. The second kappa shape index (κ2) is 5.92. The summed E-state index contributed by atoms with van der Waals surface area (Å²) in [6.45, 7) is 9.40. The van der Waals surface area contributed by atoms with Crippen LogP contribution in [0.5, 0.6) is 0 Å². The van der Waals surface area contributed by atoms with E-state index >= 15 is 0 Å². The van der Waals surface area contributed by atoms with Crippen molar-refractivity contribution in [3.05, 3.63) is 51.0 Å². The maximum atomic E-state index is 11.9. The lowest BCUT2D eigenvalue weighted by molar-refractivity contribution is -0.384. The summed E-state index contributed by atoms with van der Waals surface area (Å²) in [5, 5.41) is 10.9. The summed E-state index contributed by atoms with van der Waals surface area (Å²) < 4.78 is 6.52. The fourth-order valence-corrected chi connectivity index (χ4v) is 2.14. The Labute approximate surface area is 121 Å². The van der Waals surface area contributed by atoms with Crippen molar-refractivity contribution in [1.82, 2.24) is 9.47 Å². The zero-order valence-electron chi connectivity index (χ0n) is 12.0. The van der Waals surface area contributed by atoms with Gasteiger partial charge in [0.25, 0.3) is 5.69 Å². The number of hydrogen-bond acceptors (Lipinski definition) is 5. The molecule has 0 saturated heterocycles. The van der Waals surface area contributed by atoms with E-state index in [0.29, 0.717) is 24.3 Å². The highest BCUT2D eigenvalue weighted by atomic mass is 16.6. The minimum absolute atomic E-state index is 0.0694. The molecule has 0 atom stereocenters. The van der Waals surface area contributed by atoms with Gasteiger partial charge in [-0.25, -0.2) is 4.79 Å². The van der Waals surface area contributed by atoms with Crippen molar-refractivity contribution in [2.24, 2.45) is 0 Å². The van der Waals surface area contributed by atoms with Gasteiger partial charge in [0.05, 0.1) is 17.1 Å². The highest BCUT2D eigenvalue weighted by Gasteiger charge is 2.16. The van der Waals surface area contributed by atoms with Gasteiger partial charge in [0.15, 0.2) is 5.58 Å². The molecule has 0 amide bonds. The Bertz CT molecular complexity index is 744. The van der Waals surface area contributed by atoms with Gasteiger partial charge >= 0.3 is 5.76 Å². The highest BCUT2D eigenvalue weighted by Crippen LogP contribution is 2.20. The second-order valence-electron chi connectivity index (χ2n) is 4.95. The van der Waals surface area contributed by atoms with Crippen molar-refractivity contribution in [3.63, 3.8) is 0 Å². The van der Waals surface area contributed by atoms with Gasteiger partial charge in [0.1, 0.15) is 0 Å². The SMILES string of the molecule is C=C(C)CN(CC)Cn1c(=O)oc2ccc([N+](=O)[O-])cc21. The van der Waals surface area contributed by atoms with Gasteiger partial charge in [0, 0.05) is 18.7 Å². The molecule has 0 fully saturated rings. The van der Waals surface area contributed by atoms with Crippen molar-refractivity contribution < 1.29 is 9.34 Å². The molecule has 0 bridgehead atoms. The van der Waals surface area contributed by atoms with Crippen molar-refractivity contribution in [1.29, 1.82) is 0 Å². The Balaban J connectivity index is 2.44. The van der Waals surface area contributed by atoms with Crippen LogP contribution >= 0.6 is 0 Å². The van der Waals surface area contributed by atoms with Gasteiger partial charge in [0.2, 0.25) is 0 Å². The first-order chi connectivity index (χ1) is 9.92. The van der Waals surface area contributed by atoms with Gasteiger partial charge in [-0.05, 0) is 19.5 Å². The van der Waals surface area contributed by atoms with Gasteiger partial charge < -0.3 is 4.42 Å². The van der Waals surface area contributed by atoms with E-state index in [9.17, 15) is 14.9 Å². The average molecular weight is 291 g/mol. The molecule has 0 radical (unpaired) electrons. The first-order valence-corrected chi connectivity index (χ1v) is 6.57. The molecule has 1 aromatic carbocycles. The normalized spacial score (nSPS) is 11.2. The van der Waals surface area contributed by atoms with Crippen LogP contribution in [0.4, 0.5) is 5.69 Å². The van der Waals surface area contributed by atoms with Crippen molar-refractivity contribution in [3.8, 4) is 0 Å². The maximum absolute atomic E-state index is 11.9. The minimum Gasteiger partial charge on any atom is -0.408 e. The molecule has 2 rings (SSSR count). The van der Waals surface area contributed by atoms with Gasteiger partial charge in [-0.1, -0.05) is 19.1 Å². The average Bonchev–Trinajstić information content (AvgIpc) is 2.72. The lowest BCUT2D eigenvalue weighted by Gasteiger charge is -2.20. The van der Waals surface area contributed by atoms with Crippen molar-refractivity contribution in [2.45, 2.75) is 20.5 Å². The van der Waals surface area contributed by atoms with Gasteiger partial charge in [-0.3, -0.25) is 19.6 Å². The quantitative estimate of drug-likeness (QED) is 0.463. The summed E-state index contributed by atoms with van der Waals surface area (Å²) in [5.41, 5.74) is 1.68. The predicted octanol–water partition coefficient (Wildman–Crippen LogP) is 2.36. The zero-order valence-corrected chi connectivity index (χ0v) is 12.0. The maximum Gasteiger partial charge on any atom is 0.421 e. The zero-order chi connectivity index (χ0) is 15.6. The molecule has 0 spiro atoms. The number of hydrogen-bond donors (Lipinski definition) is 0. The molecule has 0 N–H and O–H groups in total. The number of nitro benzene ring substituents is 1.